The second-order valence-electron chi connectivity index (χ2n) is 4.44. The molecule has 3 nitrogen and oxygen atoms in total. The van der Waals surface area contributed by atoms with Crippen LogP contribution in [0, 0.1) is 0 Å². The van der Waals surface area contributed by atoms with Gasteiger partial charge in [0, 0.05) is 17.6 Å². The van der Waals surface area contributed by atoms with Crippen LogP contribution in [0.25, 0.3) is 0 Å². The SMILES string of the molecule is Nc1ccc(Br)cc1NCCC1CCCCO1. The Kier molecular flexibility index (Phi) is 4.68. The van der Waals surface area contributed by atoms with E-state index in [9.17, 15) is 0 Å². The maximum Gasteiger partial charge on any atom is 0.0591 e. The molecule has 2 rings (SSSR count). The molecule has 1 saturated heterocycles. The lowest BCUT2D eigenvalue weighted by Crippen LogP contribution is -2.22. The zero-order chi connectivity index (χ0) is 12.1. The Hall–Kier alpha value is -0.740. The van der Waals surface area contributed by atoms with Gasteiger partial charge in [0.2, 0.25) is 0 Å². The molecule has 0 amide bonds. The van der Waals surface area contributed by atoms with Gasteiger partial charge in [0.15, 0.2) is 0 Å². The zero-order valence-corrected chi connectivity index (χ0v) is 11.5. The van der Waals surface area contributed by atoms with E-state index < -0.39 is 0 Å². The summed E-state index contributed by atoms with van der Waals surface area (Å²) in [6.07, 6.45) is 5.16. The summed E-state index contributed by atoms with van der Waals surface area (Å²) in [5.41, 5.74) is 7.68. The van der Waals surface area contributed by atoms with Gasteiger partial charge in [-0.05, 0) is 43.9 Å². The third-order valence-electron chi connectivity index (χ3n) is 3.07. The van der Waals surface area contributed by atoms with E-state index in [2.05, 4.69) is 21.2 Å². The second-order valence-corrected chi connectivity index (χ2v) is 5.35. The number of nitrogens with one attached hydrogen (secondary N) is 1. The molecule has 1 unspecified atom stereocenters. The first-order valence-electron chi connectivity index (χ1n) is 6.16. The lowest BCUT2D eigenvalue weighted by molar-refractivity contribution is 0.0134. The van der Waals surface area contributed by atoms with E-state index in [1.54, 1.807) is 0 Å². The van der Waals surface area contributed by atoms with Gasteiger partial charge >= 0.3 is 0 Å². The number of halogens is 1. The topological polar surface area (TPSA) is 47.3 Å². The first-order valence-corrected chi connectivity index (χ1v) is 6.95. The van der Waals surface area contributed by atoms with Crippen molar-refractivity contribution in [1.82, 2.24) is 0 Å². The van der Waals surface area contributed by atoms with E-state index in [4.69, 9.17) is 10.5 Å². The van der Waals surface area contributed by atoms with Gasteiger partial charge in [-0.3, -0.25) is 0 Å². The van der Waals surface area contributed by atoms with Crippen LogP contribution in [0.2, 0.25) is 0 Å². The van der Waals surface area contributed by atoms with Crippen LogP contribution in [0.5, 0.6) is 0 Å². The molecule has 0 aliphatic carbocycles. The maximum atomic E-state index is 5.89. The molecule has 1 aliphatic heterocycles. The molecule has 0 saturated carbocycles. The monoisotopic (exact) mass is 298 g/mol. The molecule has 1 aliphatic rings. The second kappa shape index (κ2) is 6.26. The fraction of sp³-hybridized carbons (Fsp3) is 0.538. The Morgan fingerprint density at radius 3 is 3.06 bits per heavy atom. The standard InChI is InChI=1S/C13H19BrN2O/c14-10-4-5-12(15)13(9-10)16-7-6-11-3-1-2-8-17-11/h4-5,9,11,16H,1-3,6-8,15H2. The Labute approximate surface area is 111 Å². The number of benzene rings is 1. The average molecular weight is 299 g/mol. The average Bonchev–Trinajstić information content (AvgIpc) is 2.35. The molecule has 0 bridgehead atoms. The molecule has 4 heteroatoms. The molecule has 94 valence electrons. The van der Waals surface area contributed by atoms with Gasteiger partial charge < -0.3 is 15.8 Å². The molecule has 1 atom stereocenters. The minimum Gasteiger partial charge on any atom is -0.397 e. The highest BCUT2D eigenvalue weighted by atomic mass is 79.9. The normalized spacial score (nSPS) is 20.2. The van der Waals surface area contributed by atoms with Gasteiger partial charge in [0.25, 0.3) is 0 Å². The van der Waals surface area contributed by atoms with Gasteiger partial charge in [-0.15, -0.1) is 0 Å². The third-order valence-corrected chi connectivity index (χ3v) is 3.56. The summed E-state index contributed by atoms with van der Waals surface area (Å²) in [5.74, 6) is 0. The highest BCUT2D eigenvalue weighted by Crippen LogP contribution is 2.23. The summed E-state index contributed by atoms with van der Waals surface area (Å²) in [5, 5.41) is 3.37. The van der Waals surface area contributed by atoms with Crippen LogP contribution in [0.3, 0.4) is 0 Å². The van der Waals surface area contributed by atoms with Crippen LogP contribution in [-0.4, -0.2) is 19.3 Å². The number of nitrogen functional groups attached to an aromatic ring is 1. The molecule has 0 spiro atoms. The van der Waals surface area contributed by atoms with Gasteiger partial charge in [0.1, 0.15) is 0 Å². The summed E-state index contributed by atoms with van der Waals surface area (Å²) in [7, 11) is 0. The van der Waals surface area contributed by atoms with Crippen molar-refractivity contribution in [2.75, 3.05) is 24.2 Å². The van der Waals surface area contributed by atoms with Gasteiger partial charge in [-0.2, -0.15) is 0 Å². The van der Waals surface area contributed by atoms with Crippen molar-refractivity contribution in [3.8, 4) is 0 Å². The minimum absolute atomic E-state index is 0.421. The van der Waals surface area contributed by atoms with Crippen molar-refractivity contribution in [2.45, 2.75) is 31.8 Å². The van der Waals surface area contributed by atoms with Crippen molar-refractivity contribution >= 4 is 27.3 Å². The fourth-order valence-electron chi connectivity index (χ4n) is 2.08. The Balaban J connectivity index is 1.79. The smallest absolute Gasteiger partial charge is 0.0591 e. The van der Waals surface area contributed by atoms with Crippen LogP contribution >= 0.6 is 15.9 Å². The molecule has 0 radical (unpaired) electrons. The first-order chi connectivity index (χ1) is 8.25. The zero-order valence-electron chi connectivity index (χ0n) is 9.92. The molecule has 1 aromatic rings. The largest absolute Gasteiger partial charge is 0.397 e. The minimum atomic E-state index is 0.421. The van der Waals surface area contributed by atoms with Crippen molar-refractivity contribution in [2.24, 2.45) is 0 Å². The van der Waals surface area contributed by atoms with Crippen LogP contribution < -0.4 is 11.1 Å². The lowest BCUT2D eigenvalue weighted by atomic mass is 10.1. The molecule has 17 heavy (non-hydrogen) atoms. The predicted octanol–water partition coefficient (Wildman–Crippen LogP) is 3.40. The van der Waals surface area contributed by atoms with Crippen LogP contribution in [0.15, 0.2) is 22.7 Å². The number of rotatable bonds is 4. The summed E-state index contributed by atoms with van der Waals surface area (Å²) < 4.78 is 6.73. The predicted molar refractivity (Wildman–Crippen MR) is 75.3 cm³/mol. The van der Waals surface area contributed by atoms with Crippen molar-refractivity contribution in [3.63, 3.8) is 0 Å². The van der Waals surface area contributed by atoms with Crippen molar-refractivity contribution in [3.05, 3.63) is 22.7 Å². The fourth-order valence-corrected chi connectivity index (χ4v) is 2.45. The van der Waals surface area contributed by atoms with Crippen LogP contribution in [0.1, 0.15) is 25.7 Å². The van der Waals surface area contributed by atoms with Crippen molar-refractivity contribution < 1.29 is 4.74 Å². The van der Waals surface area contributed by atoms with E-state index in [1.807, 2.05) is 18.2 Å². The Morgan fingerprint density at radius 2 is 2.29 bits per heavy atom. The van der Waals surface area contributed by atoms with E-state index in [1.165, 1.54) is 19.3 Å². The number of nitrogens with two attached hydrogens (primary N) is 1. The Morgan fingerprint density at radius 1 is 1.41 bits per heavy atom. The molecule has 1 aromatic carbocycles. The van der Waals surface area contributed by atoms with E-state index in [0.29, 0.717) is 6.10 Å². The highest BCUT2D eigenvalue weighted by Gasteiger charge is 2.13. The van der Waals surface area contributed by atoms with Gasteiger partial charge in [0.05, 0.1) is 17.5 Å². The van der Waals surface area contributed by atoms with E-state index in [0.717, 1.165) is 35.4 Å². The van der Waals surface area contributed by atoms with Crippen LogP contribution in [-0.2, 0) is 4.74 Å². The summed E-state index contributed by atoms with van der Waals surface area (Å²) >= 11 is 3.44. The lowest BCUT2D eigenvalue weighted by Gasteiger charge is -2.22. The Bertz CT molecular complexity index is 364. The number of ether oxygens (including phenoxy) is 1. The maximum absolute atomic E-state index is 5.89. The quantitative estimate of drug-likeness (QED) is 0.838. The number of anilines is 2. The molecule has 0 aromatic heterocycles. The van der Waals surface area contributed by atoms with Gasteiger partial charge in [-0.1, -0.05) is 15.9 Å². The summed E-state index contributed by atoms with van der Waals surface area (Å²) in [6.45, 7) is 1.83. The first kappa shape index (κ1) is 12.7. The van der Waals surface area contributed by atoms with E-state index >= 15 is 0 Å². The summed E-state index contributed by atoms with van der Waals surface area (Å²) in [6, 6.07) is 5.87. The third kappa shape index (κ3) is 3.89. The molecule has 1 heterocycles. The molecule has 1 fully saturated rings. The molecule has 3 N–H and O–H groups in total. The van der Waals surface area contributed by atoms with Gasteiger partial charge in [-0.25, -0.2) is 0 Å². The van der Waals surface area contributed by atoms with E-state index in [-0.39, 0.29) is 0 Å². The highest BCUT2D eigenvalue weighted by molar-refractivity contribution is 9.10. The number of hydrogen-bond donors (Lipinski definition) is 2. The summed E-state index contributed by atoms with van der Waals surface area (Å²) in [4.78, 5) is 0. The van der Waals surface area contributed by atoms with Crippen LogP contribution in [0.4, 0.5) is 11.4 Å². The molecular weight excluding hydrogens is 280 g/mol. The molecular formula is C13H19BrN2O. The van der Waals surface area contributed by atoms with Crippen molar-refractivity contribution in [1.29, 1.82) is 0 Å². The number of hydrogen-bond acceptors (Lipinski definition) is 3.